The fourth-order valence-electron chi connectivity index (χ4n) is 2.84. The Bertz CT molecular complexity index is 832. The summed E-state index contributed by atoms with van der Waals surface area (Å²) in [5, 5.41) is 0.727. The standard InChI is InChI=1S/C17H17N3O4/c1-10(21)19-20-15(22)9-24-17(23)16-11-5-2-3-7-13(11)18-14-8-4-6-12(14)16/h2-3,5,7H,4,6,8-9H2,1H3,(H,19,21)(H,20,22). The molecule has 124 valence electrons. The van der Waals surface area contributed by atoms with Gasteiger partial charge in [0.25, 0.3) is 5.91 Å². The van der Waals surface area contributed by atoms with E-state index in [4.69, 9.17) is 4.74 Å². The summed E-state index contributed by atoms with van der Waals surface area (Å²) in [6.45, 7) is 0.795. The Morgan fingerprint density at radius 2 is 1.96 bits per heavy atom. The van der Waals surface area contributed by atoms with Gasteiger partial charge in [0.2, 0.25) is 5.91 Å². The zero-order valence-corrected chi connectivity index (χ0v) is 13.2. The number of esters is 1. The number of hydrazine groups is 1. The molecule has 0 fully saturated rings. The van der Waals surface area contributed by atoms with Crippen LogP contribution in [0, 0.1) is 0 Å². The summed E-state index contributed by atoms with van der Waals surface area (Å²) >= 11 is 0. The summed E-state index contributed by atoms with van der Waals surface area (Å²) in [4.78, 5) is 39.5. The quantitative estimate of drug-likeness (QED) is 0.649. The van der Waals surface area contributed by atoms with Gasteiger partial charge in [0, 0.05) is 18.0 Å². The number of carbonyl (C=O) groups excluding carboxylic acids is 3. The number of fused-ring (bicyclic) bond motifs is 2. The van der Waals surface area contributed by atoms with Crippen LogP contribution in [0.4, 0.5) is 0 Å². The number of pyridine rings is 1. The number of aromatic nitrogens is 1. The molecule has 1 aliphatic carbocycles. The number of rotatable bonds is 3. The van der Waals surface area contributed by atoms with Gasteiger partial charge in [0.05, 0.1) is 11.1 Å². The van der Waals surface area contributed by atoms with Crippen molar-refractivity contribution in [3.63, 3.8) is 0 Å². The normalized spacial score (nSPS) is 12.5. The molecule has 2 amide bonds. The number of benzene rings is 1. The maximum absolute atomic E-state index is 12.5. The molecule has 0 atom stereocenters. The van der Waals surface area contributed by atoms with Crippen LogP contribution in [0.15, 0.2) is 24.3 Å². The predicted molar refractivity (Wildman–Crippen MR) is 86.0 cm³/mol. The zero-order valence-electron chi connectivity index (χ0n) is 13.2. The van der Waals surface area contributed by atoms with E-state index < -0.39 is 24.4 Å². The van der Waals surface area contributed by atoms with Gasteiger partial charge in [-0.2, -0.15) is 0 Å². The summed E-state index contributed by atoms with van der Waals surface area (Å²) in [6, 6.07) is 7.39. The molecule has 0 saturated heterocycles. The highest BCUT2D eigenvalue weighted by molar-refractivity contribution is 6.05. The number of aryl methyl sites for hydroxylation is 1. The van der Waals surface area contributed by atoms with Crippen LogP contribution < -0.4 is 10.9 Å². The largest absolute Gasteiger partial charge is 0.452 e. The predicted octanol–water partition coefficient (Wildman–Crippen LogP) is 1.05. The zero-order chi connectivity index (χ0) is 17.1. The molecule has 0 radical (unpaired) electrons. The lowest BCUT2D eigenvalue weighted by Gasteiger charge is -2.12. The number of carbonyl (C=O) groups is 3. The minimum absolute atomic E-state index is 0.410. The van der Waals surface area contributed by atoms with Gasteiger partial charge in [0.15, 0.2) is 6.61 Å². The summed E-state index contributed by atoms with van der Waals surface area (Å²) in [6.07, 6.45) is 2.56. The molecule has 1 aromatic carbocycles. The summed E-state index contributed by atoms with van der Waals surface area (Å²) < 4.78 is 5.13. The van der Waals surface area contributed by atoms with E-state index in [1.54, 1.807) is 0 Å². The highest BCUT2D eigenvalue weighted by Crippen LogP contribution is 2.30. The van der Waals surface area contributed by atoms with Gasteiger partial charge in [0.1, 0.15) is 0 Å². The topological polar surface area (TPSA) is 97.4 Å². The lowest BCUT2D eigenvalue weighted by molar-refractivity contribution is -0.129. The Morgan fingerprint density at radius 1 is 1.17 bits per heavy atom. The number of nitrogens with one attached hydrogen (secondary N) is 2. The molecule has 0 spiro atoms. The molecule has 0 saturated carbocycles. The number of ether oxygens (including phenoxy) is 1. The van der Waals surface area contributed by atoms with Gasteiger partial charge in [-0.1, -0.05) is 18.2 Å². The fourth-order valence-corrected chi connectivity index (χ4v) is 2.84. The van der Waals surface area contributed by atoms with E-state index >= 15 is 0 Å². The average molecular weight is 327 g/mol. The second-order valence-corrected chi connectivity index (χ2v) is 5.59. The third-order valence-electron chi connectivity index (χ3n) is 3.84. The van der Waals surface area contributed by atoms with Crippen LogP contribution in [0.1, 0.15) is 35.0 Å². The summed E-state index contributed by atoms with van der Waals surface area (Å²) in [5.74, 6) is -1.56. The van der Waals surface area contributed by atoms with Crippen LogP contribution in [0.25, 0.3) is 10.9 Å². The van der Waals surface area contributed by atoms with Gasteiger partial charge in [-0.05, 0) is 30.9 Å². The number of nitrogens with zero attached hydrogens (tertiary/aromatic N) is 1. The van der Waals surface area contributed by atoms with E-state index in [0.717, 1.165) is 41.4 Å². The molecule has 24 heavy (non-hydrogen) atoms. The van der Waals surface area contributed by atoms with Gasteiger partial charge >= 0.3 is 5.97 Å². The van der Waals surface area contributed by atoms with Gasteiger partial charge < -0.3 is 4.74 Å². The number of amides is 2. The maximum Gasteiger partial charge on any atom is 0.339 e. The highest BCUT2D eigenvalue weighted by Gasteiger charge is 2.25. The molecule has 7 heteroatoms. The highest BCUT2D eigenvalue weighted by atomic mass is 16.5. The molecule has 2 N–H and O–H groups in total. The monoisotopic (exact) mass is 327 g/mol. The molecule has 3 rings (SSSR count). The SMILES string of the molecule is CC(=O)NNC(=O)COC(=O)c1c2c(nc3ccccc13)CCC2. The van der Waals surface area contributed by atoms with Crippen molar-refractivity contribution in [3.05, 3.63) is 41.1 Å². The van der Waals surface area contributed by atoms with Gasteiger partial charge in [-0.25, -0.2) is 4.79 Å². The maximum atomic E-state index is 12.5. The third kappa shape index (κ3) is 3.19. The Morgan fingerprint density at radius 3 is 2.75 bits per heavy atom. The molecule has 7 nitrogen and oxygen atoms in total. The molecule has 1 heterocycles. The molecule has 2 aromatic rings. The molecule has 0 unspecified atom stereocenters. The minimum atomic E-state index is -0.603. The van der Waals surface area contributed by atoms with Crippen molar-refractivity contribution in [2.45, 2.75) is 26.2 Å². The van der Waals surface area contributed by atoms with Crippen LogP contribution in [-0.2, 0) is 27.2 Å². The Kier molecular flexibility index (Phi) is 4.41. The average Bonchev–Trinajstić information content (AvgIpc) is 3.03. The van der Waals surface area contributed by atoms with E-state index in [-0.39, 0.29) is 0 Å². The minimum Gasteiger partial charge on any atom is -0.452 e. The van der Waals surface area contributed by atoms with Crippen LogP contribution in [-0.4, -0.2) is 29.4 Å². The van der Waals surface area contributed by atoms with Crippen molar-refractivity contribution in [2.75, 3.05) is 6.61 Å². The Labute approximate surface area is 138 Å². The van der Waals surface area contributed by atoms with Crippen LogP contribution in [0.3, 0.4) is 0 Å². The lowest BCUT2D eigenvalue weighted by atomic mass is 10.0. The van der Waals surface area contributed by atoms with E-state index in [1.807, 2.05) is 24.3 Å². The molecular formula is C17H17N3O4. The van der Waals surface area contributed by atoms with E-state index in [9.17, 15) is 14.4 Å². The summed E-state index contributed by atoms with van der Waals surface area (Å²) in [5.41, 5.74) is 7.34. The van der Waals surface area contributed by atoms with Gasteiger partial charge in [-0.3, -0.25) is 25.4 Å². The second-order valence-electron chi connectivity index (χ2n) is 5.59. The van der Waals surface area contributed by atoms with E-state index in [2.05, 4.69) is 15.8 Å². The smallest absolute Gasteiger partial charge is 0.339 e. The molecule has 1 aliphatic rings. The van der Waals surface area contributed by atoms with Crippen molar-refractivity contribution in [2.24, 2.45) is 0 Å². The van der Waals surface area contributed by atoms with E-state index in [1.165, 1.54) is 6.92 Å². The Hall–Kier alpha value is -2.96. The van der Waals surface area contributed by atoms with Crippen molar-refractivity contribution in [3.8, 4) is 0 Å². The first-order chi connectivity index (χ1) is 11.6. The molecule has 0 aliphatic heterocycles. The van der Waals surface area contributed by atoms with Crippen LogP contribution >= 0.6 is 0 Å². The molecule has 1 aromatic heterocycles. The number of hydrogen-bond donors (Lipinski definition) is 2. The Balaban J connectivity index is 1.82. The first-order valence-corrected chi connectivity index (χ1v) is 7.69. The summed E-state index contributed by atoms with van der Waals surface area (Å²) in [7, 11) is 0. The lowest BCUT2D eigenvalue weighted by Crippen LogP contribution is -2.42. The molecule has 0 bridgehead atoms. The fraction of sp³-hybridized carbons (Fsp3) is 0.294. The van der Waals surface area contributed by atoms with E-state index in [0.29, 0.717) is 5.56 Å². The number of hydrogen-bond acceptors (Lipinski definition) is 5. The van der Waals surface area contributed by atoms with Crippen molar-refractivity contribution in [1.82, 2.24) is 15.8 Å². The first-order valence-electron chi connectivity index (χ1n) is 7.69. The number of para-hydroxylation sites is 1. The van der Waals surface area contributed by atoms with Crippen molar-refractivity contribution >= 4 is 28.7 Å². The molecular weight excluding hydrogens is 310 g/mol. The van der Waals surface area contributed by atoms with Crippen LogP contribution in [0.2, 0.25) is 0 Å². The second kappa shape index (κ2) is 6.66. The third-order valence-corrected chi connectivity index (χ3v) is 3.84. The van der Waals surface area contributed by atoms with Crippen molar-refractivity contribution < 1.29 is 19.1 Å². The first kappa shape index (κ1) is 15.9. The van der Waals surface area contributed by atoms with Crippen molar-refractivity contribution in [1.29, 1.82) is 0 Å². The van der Waals surface area contributed by atoms with Crippen LogP contribution in [0.5, 0.6) is 0 Å². The van der Waals surface area contributed by atoms with Gasteiger partial charge in [-0.15, -0.1) is 0 Å².